The molecule has 3 heteroatoms. The van der Waals surface area contributed by atoms with Crippen molar-refractivity contribution >= 4 is 11.8 Å². The fraction of sp³-hybridized carbons (Fsp3) is 0.429. The summed E-state index contributed by atoms with van der Waals surface area (Å²) in [4.78, 5) is 22.0. The molecule has 17 heavy (non-hydrogen) atoms. The number of rotatable bonds is 6. The summed E-state index contributed by atoms with van der Waals surface area (Å²) in [5, 5.41) is 0. The molecule has 0 aliphatic heterocycles. The highest BCUT2D eigenvalue weighted by Crippen LogP contribution is 2.11. The van der Waals surface area contributed by atoms with E-state index in [0.717, 1.165) is 6.42 Å². The van der Waals surface area contributed by atoms with Gasteiger partial charge in [-0.25, -0.2) is 0 Å². The Morgan fingerprint density at radius 2 is 1.82 bits per heavy atom. The fourth-order valence-electron chi connectivity index (χ4n) is 1.73. The van der Waals surface area contributed by atoms with Gasteiger partial charge in [0.05, 0.1) is 0 Å². The standard InChI is InChI=1S/C14H18O3/c1-11(15)10-14(17-12(2)16)9-8-13-6-4-3-5-7-13/h3-7,14H,8-10H2,1-2H3. The number of carbonyl (C=O) groups is 2. The third-order valence-corrected chi connectivity index (χ3v) is 2.45. The molecule has 0 fully saturated rings. The first-order valence-electron chi connectivity index (χ1n) is 5.78. The summed E-state index contributed by atoms with van der Waals surface area (Å²) >= 11 is 0. The zero-order chi connectivity index (χ0) is 12.7. The van der Waals surface area contributed by atoms with Crippen LogP contribution < -0.4 is 0 Å². The predicted molar refractivity (Wildman–Crippen MR) is 65.6 cm³/mol. The van der Waals surface area contributed by atoms with Gasteiger partial charge in [-0.1, -0.05) is 30.3 Å². The van der Waals surface area contributed by atoms with Crippen molar-refractivity contribution in [3.8, 4) is 0 Å². The molecule has 0 spiro atoms. The number of esters is 1. The third-order valence-electron chi connectivity index (χ3n) is 2.45. The summed E-state index contributed by atoms with van der Waals surface area (Å²) in [5.41, 5.74) is 1.19. The highest BCUT2D eigenvalue weighted by atomic mass is 16.5. The van der Waals surface area contributed by atoms with E-state index in [1.54, 1.807) is 0 Å². The van der Waals surface area contributed by atoms with Crippen LogP contribution in [0.3, 0.4) is 0 Å². The van der Waals surface area contributed by atoms with Crippen molar-refractivity contribution in [1.29, 1.82) is 0 Å². The minimum Gasteiger partial charge on any atom is -0.462 e. The van der Waals surface area contributed by atoms with Gasteiger partial charge in [-0.2, -0.15) is 0 Å². The molecule has 0 heterocycles. The maximum atomic E-state index is 11.1. The molecule has 92 valence electrons. The maximum Gasteiger partial charge on any atom is 0.302 e. The number of Topliss-reactive ketones (excluding diaryl/α,β-unsaturated/α-hetero) is 1. The van der Waals surface area contributed by atoms with Crippen LogP contribution in [0.4, 0.5) is 0 Å². The van der Waals surface area contributed by atoms with Crippen molar-refractivity contribution in [3.63, 3.8) is 0 Å². The van der Waals surface area contributed by atoms with Crippen LogP contribution in [-0.4, -0.2) is 17.9 Å². The van der Waals surface area contributed by atoms with Gasteiger partial charge in [0.2, 0.25) is 0 Å². The number of benzene rings is 1. The van der Waals surface area contributed by atoms with Gasteiger partial charge >= 0.3 is 5.97 Å². The van der Waals surface area contributed by atoms with Crippen molar-refractivity contribution in [2.75, 3.05) is 0 Å². The highest BCUT2D eigenvalue weighted by Gasteiger charge is 2.14. The SMILES string of the molecule is CC(=O)CC(CCc1ccccc1)OC(C)=O. The lowest BCUT2D eigenvalue weighted by Crippen LogP contribution is -2.20. The van der Waals surface area contributed by atoms with Crippen LogP contribution in [-0.2, 0) is 20.7 Å². The normalized spacial score (nSPS) is 11.9. The minimum absolute atomic E-state index is 0.0457. The van der Waals surface area contributed by atoms with E-state index in [-0.39, 0.29) is 17.9 Å². The van der Waals surface area contributed by atoms with Crippen LogP contribution >= 0.6 is 0 Å². The third kappa shape index (κ3) is 5.85. The van der Waals surface area contributed by atoms with Gasteiger partial charge in [0.25, 0.3) is 0 Å². The number of ketones is 1. The van der Waals surface area contributed by atoms with E-state index in [9.17, 15) is 9.59 Å². The lowest BCUT2D eigenvalue weighted by atomic mass is 10.0. The van der Waals surface area contributed by atoms with Crippen LogP contribution in [0.5, 0.6) is 0 Å². The van der Waals surface area contributed by atoms with Crippen molar-refractivity contribution < 1.29 is 14.3 Å². The van der Waals surface area contributed by atoms with Gasteiger partial charge < -0.3 is 4.74 Å². The number of ether oxygens (including phenoxy) is 1. The van der Waals surface area contributed by atoms with Crippen LogP contribution in [0.2, 0.25) is 0 Å². The van der Waals surface area contributed by atoms with Crippen molar-refractivity contribution in [3.05, 3.63) is 35.9 Å². The first-order chi connectivity index (χ1) is 8.08. The molecule has 1 aromatic rings. The maximum absolute atomic E-state index is 11.1. The molecule has 3 nitrogen and oxygen atoms in total. The molecule has 1 atom stereocenters. The van der Waals surface area contributed by atoms with Gasteiger partial charge in [-0.15, -0.1) is 0 Å². The lowest BCUT2D eigenvalue weighted by Gasteiger charge is -2.15. The molecular formula is C14H18O3. The van der Waals surface area contributed by atoms with E-state index in [2.05, 4.69) is 0 Å². The molecular weight excluding hydrogens is 216 g/mol. The Balaban J connectivity index is 2.48. The Hall–Kier alpha value is -1.64. The molecule has 1 unspecified atom stereocenters. The van der Waals surface area contributed by atoms with E-state index in [1.807, 2.05) is 30.3 Å². The highest BCUT2D eigenvalue weighted by molar-refractivity contribution is 5.76. The molecule has 0 aliphatic carbocycles. The topological polar surface area (TPSA) is 43.4 Å². The van der Waals surface area contributed by atoms with Crippen molar-refractivity contribution in [2.24, 2.45) is 0 Å². The molecule has 0 saturated heterocycles. The van der Waals surface area contributed by atoms with Crippen LogP contribution in [0.15, 0.2) is 30.3 Å². The van der Waals surface area contributed by atoms with E-state index < -0.39 is 0 Å². The molecule has 0 radical (unpaired) electrons. The van der Waals surface area contributed by atoms with Gasteiger partial charge in [0.1, 0.15) is 11.9 Å². The smallest absolute Gasteiger partial charge is 0.302 e. The zero-order valence-electron chi connectivity index (χ0n) is 10.3. The van der Waals surface area contributed by atoms with Gasteiger partial charge in [-0.3, -0.25) is 9.59 Å². The summed E-state index contributed by atoms with van der Waals surface area (Å²) < 4.78 is 5.12. The second-order valence-corrected chi connectivity index (χ2v) is 4.16. The minimum atomic E-state index is -0.329. The summed E-state index contributed by atoms with van der Waals surface area (Å²) in [6, 6.07) is 9.96. The summed E-state index contributed by atoms with van der Waals surface area (Å²) in [6.45, 7) is 2.88. The second-order valence-electron chi connectivity index (χ2n) is 4.16. The molecule has 0 bridgehead atoms. The van der Waals surface area contributed by atoms with Crippen molar-refractivity contribution in [2.45, 2.75) is 39.2 Å². The predicted octanol–water partition coefficient (Wildman–Crippen LogP) is 2.53. The Labute approximate surface area is 102 Å². The fourth-order valence-corrected chi connectivity index (χ4v) is 1.73. The second kappa shape index (κ2) is 6.84. The van der Waals surface area contributed by atoms with Gasteiger partial charge in [-0.05, 0) is 25.3 Å². The first kappa shape index (κ1) is 13.4. The van der Waals surface area contributed by atoms with Crippen LogP contribution in [0, 0.1) is 0 Å². The van der Waals surface area contributed by atoms with E-state index in [4.69, 9.17) is 4.74 Å². The first-order valence-corrected chi connectivity index (χ1v) is 5.78. The zero-order valence-corrected chi connectivity index (χ0v) is 10.3. The molecule has 1 rings (SSSR count). The molecule has 0 aromatic heterocycles. The number of hydrogen-bond donors (Lipinski definition) is 0. The summed E-state index contributed by atoms with van der Waals surface area (Å²) in [5.74, 6) is -0.284. The van der Waals surface area contributed by atoms with Crippen LogP contribution in [0.25, 0.3) is 0 Å². The number of carbonyl (C=O) groups excluding carboxylic acids is 2. The Kier molecular flexibility index (Phi) is 5.40. The average Bonchev–Trinajstić information content (AvgIpc) is 2.26. The average molecular weight is 234 g/mol. The lowest BCUT2D eigenvalue weighted by molar-refractivity contribution is -0.147. The quantitative estimate of drug-likeness (QED) is 0.710. The molecule has 0 N–H and O–H groups in total. The largest absolute Gasteiger partial charge is 0.462 e. The Bertz CT molecular complexity index is 354. The van der Waals surface area contributed by atoms with E-state index >= 15 is 0 Å². The molecule has 0 saturated carbocycles. The Morgan fingerprint density at radius 3 is 2.35 bits per heavy atom. The summed E-state index contributed by atoms with van der Waals surface area (Å²) in [6.07, 6.45) is 1.49. The van der Waals surface area contributed by atoms with E-state index in [0.29, 0.717) is 12.8 Å². The van der Waals surface area contributed by atoms with Gasteiger partial charge in [0, 0.05) is 13.3 Å². The van der Waals surface area contributed by atoms with Crippen molar-refractivity contribution in [1.82, 2.24) is 0 Å². The van der Waals surface area contributed by atoms with Gasteiger partial charge in [0.15, 0.2) is 0 Å². The number of aryl methyl sites for hydroxylation is 1. The van der Waals surface area contributed by atoms with E-state index in [1.165, 1.54) is 19.4 Å². The molecule has 0 amide bonds. The van der Waals surface area contributed by atoms with Crippen LogP contribution in [0.1, 0.15) is 32.3 Å². The summed E-state index contributed by atoms with van der Waals surface area (Å²) in [7, 11) is 0. The molecule has 1 aromatic carbocycles. The monoisotopic (exact) mass is 234 g/mol. The molecule has 0 aliphatic rings. The number of hydrogen-bond acceptors (Lipinski definition) is 3. The Morgan fingerprint density at radius 1 is 1.18 bits per heavy atom.